The molecule has 1 N–H and O–H groups in total. The summed E-state index contributed by atoms with van der Waals surface area (Å²) in [6.07, 6.45) is 4.93. The molecule has 0 bridgehead atoms. The highest BCUT2D eigenvalue weighted by Gasteiger charge is 2.18. The molecule has 1 amide bonds. The van der Waals surface area contributed by atoms with Gasteiger partial charge in [0, 0.05) is 13.1 Å². The predicted octanol–water partition coefficient (Wildman–Crippen LogP) is 1.79. The van der Waals surface area contributed by atoms with Crippen molar-refractivity contribution in [1.82, 2.24) is 4.90 Å². The van der Waals surface area contributed by atoms with Crippen LogP contribution in [0.2, 0.25) is 0 Å². The van der Waals surface area contributed by atoms with Gasteiger partial charge >= 0.3 is 0 Å². The number of aromatic hydroxyl groups is 1. The van der Waals surface area contributed by atoms with E-state index < -0.39 is 0 Å². The van der Waals surface area contributed by atoms with Crippen molar-refractivity contribution >= 4 is 5.91 Å². The molecule has 2 rings (SSSR count). The van der Waals surface area contributed by atoms with Crippen LogP contribution in [0.1, 0.15) is 16.8 Å². The van der Waals surface area contributed by atoms with Gasteiger partial charge in [0.15, 0.2) is 0 Å². The molecule has 0 spiro atoms. The Balaban J connectivity index is 2.20. The molecular formula is C12H13NO2. The van der Waals surface area contributed by atoms with Crippen LogP contribution in [0, 0.1) is 0 Å². The predicted molar refractivity (Wildman–Crippen MR) is 57.8 cm³/mol. The topological polar surface area (TPSA) is 40.5 Å². The third-order valence-corrected chi connectivity index (χ3v) is 2.48. The summed E-state index contributed by atoms with van der Waals surface area (Å²) in [6, 6.07) is 6.65. The number of amides is 1. The molecule has 0 unspecified atom stereocenters. The maximum absolute atomic E-state index is 12.0. The van der Waals surface area contributed by atoms with Crippen LogP contribution >= 0.6 is 0 Å². The van der Waals surface area contributed by atoms with Crippen molar-refractivity contribution in [2.75, 3.05) is 13.1 Å². The smallest absolute Gasteiger partial charge is 0.257 e. The van der Waals surface area contributed by atoms with Crippen LogP contribution in [0.15, 0.2) is 36.4 Å². The zero-order chi connectivity index (χ0) is 10.7. The first-order valence-electron chi connectivity index (χ1n) is 5.01. The van der Waals surface area contributed by atoms with Gasteiger partial charge in [0.2, 0.25) is 0 Å². The van der Waals surface area contributed by atoms with E-state index in [4.69, 9.17) is 0 Å². The lowest BCUT2D eigenvalue weighted by molar-refractivity contribution is 0.0768. The second-order valence-corrected chi connectivity index (χ2v) is 3.53. The van der Waals surface area contributed by atoms with E-state index >= 15 is 0 Å². The fourth-order valence-corrected chi connectivity index (χ4v) is 1.65. The molecule has 1 aliphatic heterocycles. The summed E-state index contributed by atoms with van der Waals surface area (Å²) in [5.41, 5.74) is 0.382. The van der Waals surface area contributed by atoms with Crippen LogP contribution in [0.25, 0.3) is 0 Å². The average Bonchev–Trinajstić information content (AvgIpc) is 2.30. The summed E-state index contributed by atoms with van der Waals surface area (Å²) in [5.74, 6) is -0.0468. The number of para-hydroxylation sites is 1. The number of hydrogen-bond acceptors (Lipinski definition) is 2. The lowest BCUT2D eigenvalue weighted by Crippen LogP contribution is -2.33. The van der Waals surface area contributed by atoms with E-state index in [9.17, 15) is 9.90 Å². The van der Waals surface area contributed by atoms with E-state index in [-0.39, 0.29) is 11.7 Å². The summed E-state index contributed by atoms with van der Waals surface area (Å²) in [4.78, 5) is 13.7. The number of carbonyl (C=O) groups excluding carboxylic acids is 1. The van der Waals surface area contributed by atoms with Crippen molar-refractivity contribution in [1.29, 1.82) is 0 Å². The Morgan fingerprint density at radius 1 is 1.27 bits per heavy atom. The molecule has 1 aromatic rings. The van der Waals surface area contributed by atoms with Gasteiger partial charge in [-0.05, 0) is 18.6 Å². The molecule has 0 fully saturated rings. The normalized spacial score (nSPS) is 15.3. The maximum atomic E-state index is 12.0. The Kier molecular flexibility index (Phi) is 2.72. The SMILES string of the molecule is O=C(c1ccccc1O)N1CC=CCC1. The molecule has 3 heteroatoms. The second kappa shape index (κ2) is 4.17. The first-order valence-corrected chi connectivity index (χ1v) is 5.01. The van der Waals surface area contributed by atoms with Gasteiger partial charge in [-0.25, -0.2) is 0 Å². The van der Waals surface area contributed by atoms with E-state index in [1.807, 2.05) is 6.08 Å². The molecular weight excluding hydrogens is 190 g/mol. The average molecular weight is 203 g/mol. The molecule has 78 valence electrons. The second-order valence-electron chi connectivity index (χ2n) is 3.53. The lowest BCUT2D eigenvalue weighted by Gasteiger charge is -2.23. The van der Waals surface area contributed by atoms with Crippen molar-refractivity contribution in [3.63, 3.8) is 0 Å². The van der Waals surface area contributed by atoms with Gasteiger partial charge in [0.25, 0.3) is 5.91 Å². The molecule has 1 heterocycles. The van der Waals surface area contributed by atoms with Crippen LogP contribution in [-0.4, -0.2) is 29.0 Å². The Bertz CT molecular complexity index is 398. The van der Waals surface area contributed by atoms with E-state index in [2.05, 4.69) is 6.08 Å². The highest BCUT2D eigenvalue weighted by atomic mass is 16.3. The Hall–Kier alpha value is -1.77. The van der Waals surface area contributed by atoms with Crippen molar-refractivity contribution in [3.05, 3.63) is 42.0 Å². The highest BCUT2D eigenvalue weighted by Crippen LogP contribution is 2.18. The fourth-order valence-electron chi connectivity index (χ4n) is 1.65. The van der Waals surface area contributed by atoms with Gasteiger partial charge in [-0.15, -0.1) is 0 Å². The van der Waals surface area contributed by atoms with Crippen LogP contribution < -0.4 is 0 Å². The first kappa shape index (κ1) is 9.77. The number of carbonyl (C=O) groups is 1. The largest absolute Gasteiger partial charge is 0.507 e. The Morgan fingerprint density at radius 3 is 2.73 bits per heavy atom. The summed E-state index contributed by atoms with van der Waals surface area (Å²) < 4.78 is 0. The van der Waals surface area contributed by atoms with Crippen LogP contribution in [-0.2, 0) is 0 Å². The number of phenols is 1. The van der Waals surface area contributed by atoms with E-state index in [0.717, 1.165) is 13.0 Å². The van der Waals surface area contributed by atoms with Gasteiger partial charge in [-0.3, -0.25) is 4.79 Å². The number of nitrogens with zero attached hydrogens (tertiary/aromatic N) is 1. The van der Waals surface area contributed by atoms with Gasteiger partial charge in [-0.1, -0.05) is 24.3 Å². The number of hydrogen-bond donors (Lipinski definition) is 1. The van der Waals surface area contributed by atoms with Crippen molar-refractivity contribution < 1.29 is 9.90 Å². The molecule has 0 aromatic heterocycles. The van der Waals surface area contributed by atoms with Crippen molar-refractivity contribution in [3.8, 4) is 5.75 Å². The van der Waals surface area contributed by atoms with Crippen LogP contribution in [0.5, 0.6) is 5.75 Å². The standard InChI is InChI=1S/C12H13NO2/c14-11-7-3-2-6-10(11)12(15)13-8-4-1-5-9-13/h1-4,6-7,14H,5,8-9H2. The van der Waals surface area contributed by atoms with Crippen molar-refractivity contribution in [2.24, 2.45) is 0 Å². The summed E-state index contributed by atoms with van der Waals surface area (Å²) in [6.45, 7) is 1.36. The van der Waals surface area contributed by atoms with Crippen LogP contribution in [0.3, 0.4) is 0 Å². The molecule has 0 saturated heterocycles. The number of phenolic OH excluding ortho intramolecular Hbond substituents is 1. The van der Waals surface area contributed by atoms with Crippen molar-refractivity contribution in [2.45, 2.75) is 6.42 Å². The van der Waals surface area contributed by atoms with Crippen LogP contribution in [0.4, 0.5) is 0 Å². The first-order chi connectivity index (χ1) is 7.29. The molecule has 0 aliphatic carbocycles. The molecule has 3 nitrogen and oxygen atoms in total. The summed E-state index contributed by atoms with van der Waals surface area (Å²) in [7, 11) is 0. The van der Waals surface area contributed by atoms with Gasteiger partial charge in [-0.2, -0.15) is 0 Å². The number of rotatable bonds is 1. The maximum Gasteiger partial charge on any atom is 0.257 e. The van der Waals surface area contributed by atoms with E-state index in [0.29, 0.717) is 12.1 Å². The van der Waals surface area contributed by atoms with Gasteiger partial charge < -0.3 is 10.0 Å². The minimum Gasteiger partial charge on any atom is -0.507 e. The zero-order valence-electron chi connectivity index (χ0n) is 8.39. The summed E-state index contributed by atoms with van der Waals surface area (Å²) in [5, 5.41) is 9.55. The molecule has 0 radical (unpaired) electrons. The molecule has 0 atom stereocenters. The monoisotopic (exact) mass is 203 g/mol. The minimum absolute atomic E-state index is 0.0528. The van der Waals surface area contributed by atoms with Gasteiger partial charge in [0.05, 0.1) is 5.56 Å². The molecule has 1 aliphatic rings. The third-order valence-electron chi connectivity index (χ3n) is 2.48. The quantitative estimate of drug-likeness (QED) is 0.707. The zero-order valence-corrected chi connectivity index (χ0v) is 8.39. The number of benzene rings is 1. The Labute approximate surface area is 88.6 Å². The minimum atomic E-state index is -0.0996. The highest BCUT2D eigenvalue weighted by molar-refractivity contribution is 5.96. The Morgan fingerprint density at radius 2 is 2.07 bits per heavy atom. The fraction of sp³-hybridized carbons (Fsp3) is 0.250. The molecule has 1 aromatic carbocycles. The third kappa shape index (κ3) is 2.01. The lowest BCUT2D eigenvalue weighted by atomic mass is 10.1. The van der Waals surface area contributed by atoms with Gasteiger partial charge in [0.1, 0.15) is 5.75 Å². The molecule has 15 heavy (non-hydrogen) atoms. The summed E-state index contributed by atoms with van der Waals surface area (Å²) >= 11 is 0. The molecule has 0 saturated carbocycles. The van der Waals surface area contributed by atoms with E-state index in [1.165, 1.54) is 6.07 Å². The van der Waals surface area contributed by atoms with E-state index in [1.54, 1.807) is 23.1 Å².